The van der Waals surface area contributed by atoms with E-state index in [0.29, 0.717) is 0 Å². The molecule has 2 N–H and O–H groups in total. The summed E-state index contributed by atoms with van der Waals surface area (Å²) >= 11 is 0. The summed E-state index contributed by atoms with van der Waals surface area (Å²) in [7, 11) is 0. The minimum atomic E-state index is -0.0834. The van der Waals surface area contributed by atoms with Gasteiger partial charge in [0.15, 0.2) is 11.5 Å². The summed E-state index contributed by atoms with van der Waals surface area (Å²) in [6.07, 6.45) is 1.83. The van der Waals surface area contributed by atoms with Crippen molar-refractivity contribution >= 4 is 16.7 Å². The highest BCUT2D eigenvalue weighted by Gasteiger charge is 2.24. The second-order valence-corrected chi connectivity index (χ2v) is 7.12. The number of aryl methyl sites for hydroxylation is 2. The molecule has 3 heterocycles. The molecule has 140 valence electrons. The SMILES string of the molecule is Cc1ccnc(N[C@H](c2ccc3c(c2)OCO3)c2c(C)[nH]c3ccccc23)c1. The van der Waals surface area contributed by atoms with Crippen LogP contribution in [0.15, 0.2) is 60.8 Å². The topological polar surface area (TPSA) is 59.2 Å². The van der Waals surface area contributed by atoms with E-state index < -0.39 is 0 Å². The highest BCUT2D eigenvalue weighted by molar-refractivity contribution is 5.86. The summed E-state index contributed by atoms with van der Waals surface area (Å²) in [5.41, 5.74) is 5.72. The molecule has 28 heavy (non-hydrogen) atoms. The number of fused-ring (bicyclic) bond motifs is 2. The molecule has 1 aliphatic heterocycles. The standard InChI is InChI=1S/C23H21N3O2/c1-14-9-10-24-21(11-14)26-23(16-7-8-19-20(12-16)28-13-27-19)22-15(2)25-18-6-4-3-5-17(18)22/h3-12,23,25H,13H2,1-2H3,(H,24,26)/t23-/m1/s1. The van der Waals surface area contributed by atoms with Crippen LogP contribution in [0, 0.1) is 13.8 Å². The van der Waals surface area contributed by atoms with Crippen LogP contribution in [0.1, 0.15) is 28.4 Å². The summed E-state index contributed by atoms with van der Waals surface area (Å²) in [5, 5.41) is 4.83. The molecular weight excluding hydrogens is 350 g/mol. The second-order valence-electron chi connectivity index (χ2n) is 7.12. The minimum absolute atomic E-state index is 0.0834. The lowest BCUT2D eigenvalue weighted by Gasteiger charge is -2.21. The van der Waals surface area contributed by atoms with Gasteiger partial charge in [0.1, 0.15) is 5.82 Å². The zero-order valence-corrected chi connectivity index (χ0v) is 15.8. The molecule has 5 heteroatoms. The summed E-state index contributed by atoms with van der Waals surface area (Å²) < 4.78 is 11.1. The molecule has 2 aromatic heterocycles. The maximum absolute atomic E-state index is 5.62. The van der Waals surface area contributed by atoms with Crippen LogP contribution in [0.25, 0.3) is 10.9 Å². The van der Waals surface area contributed by atoms with Crippen molar-refractivity contribution in [3.05, 3.63) is 83.2 Å². The number of nitrogens with zero attached hydrogens (tertiary/aromatic N) is 1. The van der Waals surface area contributed by atoms with E-state index in [9.17, 15) is 0 Å². The molecule has 0 unspecified atom stereocenters. The van der Waals surface area contributed by atoms with Gasteiger partial charge in [-0.25, -0.2) is 4.98 Å². The van der Waals surface area contributed by atoms with E-state index in [-0.39, 0.29) is 12.8 Å². The van der Waals surface area contributed by atoms with Crippen LogP contribution in [-0.2, 0) is 0 Å². The molecule has 0 fully saturated rings. The fraction of sp³-hybridized carbons (Fsp3) is 0.174. The highest BCUT2D eigenvalue weighted by atomic mass is 16.7. The quantitative estimate of drug-likeness (QED) is 0.523. The van der Waals surface area contributed by atoms with Gasteiger partial charge in [-0.2, -0.15) is 0 Å². The van der Waals surface area contributed by atoms with E-state index >= 15 is 0 Å². The van der Waals surface area contributed by atoms with Crippen LogP contribution in [0.5, 0.6) is 11.5 Å². The number of aromatic amines is 1. The molecule has 0 amide bonds. The fourth-order valence-corrected chi connectivity index (χ4v) is 3.85. The number of nitrogens with one attached hydrogen (secondary N) is 2. The Morgan fingerprint density at radius 2 is 1.86 bits per heavy atom. The van der Waals surface area contributed by atoms with Crippen molar-refractivity contribution in [3.8, 4) is 11.5 Å². The summed E-state index contributed by atoms with van der Waals surface area (Å²) in [6.45, 7) is 4.45. The fourth-order valence-electron chi connectivity index (χ4n) is 3.85. The third-order valence-electron chi connectivity index (χ3n) is 5.17. The third-order valence-corrected chi connectivity index (χ3v) is 5.17. The monoisotopic (exact) mass is 371 g/mol. The van der Waals surface area contributed by atoms with Gasteiger partial charge in [-0.15, -0.1) is 0 Å². The number of para-hydroxylation sites is 1. The number of ether oxygens (including phenoxy) is 2. The molecule has 0 bridgehead atoms. The average molecular weight is 371 g/mol. The van der Waals surface area contributed by atoms with Crippen molar-refractivity contribution in [3.63, 3.8) is 0 Å². The molecule has 2 aromatic carbocycles. The number of H-pyrrole nitrogens is 1. The van der Waals surface area contributed by atoms with Crippen molar-refractivity contribution in [2.75, 3.05) is 12.1 Å². The first-order valence-electron chi connectivity index (χ1n) is 9.35. The Morgan fingerprint density at radius 3 is 2.75 bits per heavy atom. The first kappa shape index (κ1) is 16.7. The van der Waals surface area contributed by atoms with Crippen molar-refractivity contribution in [2.24, 2.45) is 0 Å². The number of hydrogen-bond donors (Lipinski definition) is 2. The van der Waals surface area contributed by atoms with Crippen LogP contribution in [0.2, 0.25) is 0 Å². The Hall–Kier alpha value is -3.47. The van der Waals surface area contributed by atoms with Crippen LogP contribution >= 0.6 is 0 Å². The predicted molar refractivity (Wildman–Crippen MR) is 110 cm³/mol. The van der Waals surface area contributed by atoms with Gasteiger partial charge < -0.3 is 19.8 Å². The second kappa shape index (κ2) is 6.60. The zero-order chi connectivity index (χ0) is 19.1. The van der Waals surface area contributed by atoms with E-state index in [1.54, 1.807) is 0 Å². The number of hydrogen-bond acceptors (Lipinski definition) is 4. The van der Waals surface area contributed by atoms with Gasteiger partial charge in [-0.05, 0) is 55.3 Å². The first-order valence-corrected chi connectivity index (χ1v) is 9.35. The largest absolute Gasteiger partial charge is 0.454 e. The maximum atomic E-state index is 5.62. The maximum Gasteiger partial charge on any atom is 0.231 e. The van der Waals surface area contributed by atoms with Gasteiger partial charge in [0.05, 0.1) is 6.04 Å². The summed E-state index contributed by atoms with van der Waals surface area (Å²) in [4.78, 5) is 8.03. The van der Waals surface area contributed by atoms with Crippen molar-refractivity contribution < 1.29 is 9.47 Å². The molecule has 0 radical (unpaired) electrons. The van der Waals surface area contributed by atoms with E-state index in [2.05, 4.69) is 65.5 Å². The molecule has 0 spiro atoms. The van der Waals surface area contributed by atoms with Crippen LogP contribution in [0.3, 0.4) is 0 Å². The van der Waals surface area contributed by atoms with Crippen LogP contribution in [-0.4, -0.2) is 16.8 Å². The third kappa shape index (κ3) is 2.85. The predicted octanol–water partition coefficient (Wildman–Crippen LogP) is 5.11. The molecular formula is C23H21N3O2. The average Bonchev–Trinajstić information content (AvgIpc) is 3.29. The Balaban J connectivity index is 1.67. The normalized spacial score (nSPS) is 13.6. The van der Waals surface area contributed by atoms with Gasteiger partial charge in [0.2, 0.25) is 6.79 Å². The van der Waals surface area contributed by atoms with E-state index in [4.69, 9.17) is 9.47 Å². The lowest BCUT2D eigenvalue weighted by molar-refractivity contribution is 0.174. The van der Waals surface area contributed by atoms with Crippen LogP contribution in [0.4, 0.5) is 5.82 Å². The molecule has 1 aliphatic rings. The summed E-state index contributed by atoms with van der Waals surface area (Å²) in [6, 6.07) is 18.5. The van der Waals surface area contributed by atoms with Gasteiger partial charge in [0, 0.05) is 28.4 Å². The highest BCUT2D eigenvalue weighted by Crippen LogP contribution is 2.39. The van der Waals surface area contributed by atoms with Gasteiger partial charge >= 0.3 is 0 Å². The van der Waals surface area contributed by atoms with Crippen molar-refractivity contribution in [2.45, 2.75) is 19.9 Å². The Kier molecular flexibility index (Phi) is 3.93. The number of anilines is 1. The Morgan fingerprint density at radius 1 is 1.00 bits per heavy atom. The van der Waals surface area contributed by atoms with Gasteiger partial charge in [0.25, 0.3) is 0 Å². The Labute approximate surface area is 163 Å². The van der Waals surface area contributed by atoms with E-state index in [1.165, 1.54) is 10.9 Å². The number of rotatable bonds is 4. The molecule has 0 aliphatic carbocycles. The van der Waals surface area contributed by atoms with E-state index in [1.807, 2.05) is 24.4 Å². The van der Waals surface area contributed by atoms with Crippen LogP contribution < -0.4 is 14.8 Å². The molecule has 0 saturated heterocycles. The molecule has 5 rings (SSSR count). The smallest absolute Gasteiger partial charge is 0.231 e. The number of aromatic nitrogens is 2. The Bertz CT molecular complexity index is 1170. The van der Waals surface area contributed by atoms with E-state index in [0.717, 1.165) is 39.7 Å². The first-order chi connectivity index (χ1) is 13.7. The minimum Gasteiger partial charge on any atom is -0.454 e. The van der Waals surface area contributed by atoms with Gasteiger partial charge in [-0.1, -0.05) is 24.3 Å². The molecule has 4 aromatic rings. The molecule has 1 atom stereocenters. The summed E-state index contributed by atoms with van der Waals surface area (Å²) in [5.74, 6) is 2.40. The van der Waals surface area contributed by atoms with Gasteiger partial charge in [-0.3, -0.25) is 0 Å². The number of pyridine rings is 1. The molecule has 0 saturated carbocycles. The van der Waals surface area contributed by atoms with Crippen molar-refractivity contribution in [1.82, 2.24) is 9.97 Å². The lowest BCUT2D eigenvalue weighted by atomic mass is 9.95. The zero-order valence-electron chi connectivity index (χ0n) is 15.8. The number of benzene rings is 2. The van der Waals surface area contributed by atoms with Crippen molar-refractivity contribution in [1.29, 1.82) is 0 Å². The lowest BCUT2D eigenvalue weighted by Crippen LogP contribution is -2.14. The molecule has 5 nitrogen and oxygen atoms in total.